The zero-order valence-electron chi connectivity index (χ0n) is 7.03. The molecule has 1 aromatic heterocycles. The van der Waals surface area contributed by atoms with E-state index in [2.05, 4.69) is 20.9 Å². The first-order chi connectivity index (χ1) is 6.24. The van der Waals surface area contributed by atoms with Gasteiger partial charge in [-0.05, 0) is 22.0 Å². The molecule has 1 rings (SSSR count). The summed E-state index contributed by atoms with van der Waals surface area (Å²) in [5.74, 6) is 0.502. The molecule has 13 heavy (non-hydrogen) atoms. The van der Waals surface area contributed by atoms with Crippen molar-refractivity contribution < 1.29 is 9.84 Å². The zero-order chi connectivity index (χ0) is 9.68. The smallest absolute Gasteiger partial charge is 0.228 e. The van der Waals surface area contributed by atoms with Crippen LogP contribution in [0.3, 0.4) is 0 Å². The second-order valence-electron chi connectivity index (χ2n) is 2.48. The summed E-state index contributed by atoms with van der Waals surface area (Å²) in [5, 5.41) is 8.53. The van der Waals surface area contributed by atoms with Gasteiger partial charge in [0.1, 0.15) is 0 Å². The number of aromatic nitrogens is 1. The van der Waals surface area contributed by atoms with Gasteiger partial charge in [-0.1, -0.05) is 0 Å². The van der Waals surface area contributed by atoms with Gasteiger partial charge in [0.25, 0.3) is 0 Å². The molecule has 72 valence electrons. The third-order valence-corrected chi connectivity index (χ3v) is 1.94. The summed E-state index contributed by atoms with van der Waals surface area (Å²) in [6.07, 6.45) is 2.12. The van der Waals surface area contributed by atoms with Crippen LogP contribution >= 0.6 is 15.9 Å². The fourth-order valence-corrected chi connectivity index (χ4v) is 1.26. The molecular weight excluding hydrogens is 236 g/mol. The zero-order valence-corrected chi connectivity index (χ0v) is 8.62. The Morgan fingerprint density at radius 2 is 2.38 bits per heavy atom. The van der Waals surface area contributed by atoms with E-state index >= 15 is 0 Å². The molecule has 0 aliphatic carbocycles. The molecule has 0 amide bonds. The molecule has 4 nitrogen and oxygen atoms in total. The van der Waals surface area contributed by atoms with Crippen molar-refractivity contribution in [3.8, 4) is 5.88 Å². The Balaban J connectivity index is 2.56. The van der Waals surface area contributed by atoms with Crippen LogP contribution in [-0.2, 0) is 0 Å². The van der Waals surface area contributed by atoms with Crippen LogP contribution < -0.4 is 10.5 Å². The third kappa shape index (κ3) is 3.20. The van der Waals surface area contributed by atoms with Gasteiger partial charge < -0.3 is 15.6 Å². The van der Waals surface area contributed by atoms with Gasteiger partial charge >= 0.3 is 0 Å². The van der Waals surface area contributed by atoms with Gasteiger partial charge in [-0.15, -0.1) is 0 Å². The second kappa shape index (κ2) is 5.04. The fraction of sp³-hybridized carbons (Fsp3) is 0.375. The average Bonchev–Trinajstić information content (AvgIpc) is 2.09. The molecule has 0 aliphatic heterocycles. The molecule has 0 aliphatic rings. The van der Waals surface area contributed by atoms with Crippen molar-refractivity contribution in [3.05, 3.63) is 16.7 Å². The fourth-order valence-electron chi connectivity index (χ4n) is 0.780. The first-order valence-electron chi connectivity index (χ1n) is 3.88. The van der Waals surface area contributed by atoms with Crippen LogP contribution in [0.4, 0.5) is 5.69 Å². The SMILES string of the molecule is Nc1cnc(OCCCO)c(Br)c1. The summed E-state index contributed by atoms with van der Waals surface area (Å²) in [6.45, 7) is 0.568. The Morgan fingerprint density at radius 3 is 3.00 bits per heavy atom. The van der Waals surface area contributed by atoms with Gasteiger partial charge in [0.2, 0.25) is 5.88 Å². The van der Waals surface area contributed by atoms with E-state index in [1.165, 1.54) is 6.20 Å². The lowest BCUT2D eigenvalue weighted by Gasteiger charge is -2.05. The van der Waals surface area contributed by atoms with E-state index in [4.69, 9.17) is 15.6 Å². The van der Waals surface area contributed by atoms with E-state index in [1.807, 2.05) is 0 Å². The molecule has 0 unspecified atom stereocenters. The third-order valence-electron chi connectivity index (χ3n) is 1.37. The van der Waals surface area contributed by atoms with Crippen molar-refractivity contribution in [2.75, 3.05) is 18.9 Å². The van der Waals surface area contributed by atoms with E-state index in [9.17, 15) is 0 Å². The summed E-state index contributed by atoms with van der Waals surface area (Å²) >= 11 is 3.27. The molecule has 5 heteroatoms. The predicted octanol–water partition coefficient (Wildman–Crippen LogP) is 1.19. The molecule has 0 fully saturated rings. The molecule has 1 aromatic rings. The highest BCUT2D eigenvalue weighted by Gasteiger charge is 2.01. The maximum atomic E-state index is 8.53. The van der Waals surface area contributed by atoms with Crippen LogP contribution in [0.5, 0.6) is 5.88 Å². The van der Waals surface area contributed by atoms with E-state index in [-0.39, 0.29) is 6.61 Å². The van der Waals surface area contributed by atoms with Crippen LogP contribution in [0.2, 0.25) is 0 Å². The predicted molar refractivity (Wildman–Crippen MR) is 53.5 cm³/mol. The quantitative estimate of drug-likeness (QED) is 0.784. The number of rotatable bonds is 4. The Kier molecular flexibility index (Phi) is 3.98. The summed E-state index contributed by atoms with van der Waals surface area (Å²) in [7, 11) is 0. The number of hydrogen-bond acceptors (Lipinski definition) is 4. The summed E-state index contributed by atoms with van der Waals surface area (Å²) < 4.78 is 5.99. The van der Waals surface area contributed by atoms with Gasteiger partial charge in [-0.25, -0.2) is 4.98 Å². The standard InChI is InChI=1S/C8H11BrN2O2/c9-7-4-6(10)5-11-8(7)13-3-1-2-12/h4-5,12H,1-3,10H2. The van der Waals surface area contributed by atoms with Crippen LogP contribution in [0, 0.1) is 0 Å². The van der Waals surface area contributed by atoms with Crippen LogP contribution in [0.25, 0.3) is 0 Å². The lowest BCUT2D eigenvalue weighted by atomic mass is 10.4. The molecule has 0 saturated heterocycles. The van der Waals surface area contributed by atoms with Crippen molar-refractivity contribution in [3.63, 3.8) is 0 Å². The number of aliphatic hydroxyl groups is 1. The van der Waals surface area contributed by atoms with Gasteiger partial charge in [-0.2, -0.15) is 0 Å². The van der Waals surface area contributed by atoms with E-state index in [0.717, 1.165) is 4.47 Å². The Bertz CT molecular complexity index is 281. The molecule has 0 atom stereocenters. The topological polar surface area (TPSA) is 68.4 Å². The number of nitrogen functional groups attached to an aromatic ring is 1. The first kappa shape index (κ1) is 10.3. The minimum absolute atomic E-state index is 0.118. The molecule has 0 spiro atoms. The van der Waals surface area contributed by atoms with Crippen molar-refractivity contribution in [2.24, 2.45) is 0 Å². The summed E-state index contributed by atoms with van der Waals surface area (Å²) in [6, 6.07) is 1.72. The number of hydrogen-bond donors (Lipinski definition) is 2. The number of halogens is 1. The first-order valence-corrected chi connectivity index (χ1v) is 4.68. The highest BCUT2D eigenvalue weighted by Crippen LogP contribution is 2.23. The van der Waals surface area contributed by atoms with Gasteiger partial charge in [0, 0.05) is 13.0 Å². The Labute approximate surface area is 84.9 Å². The number of aliphatic hydroxyl groups excluding tert-OH is 1. The molecule has 1 heterocycles. The molecule has 0 aromatic carbocycles. The number of nitrogens with zero attached hydrogens (tertiary/aromatic N) is 1. The lowest BCUT2D eigenvalue weighted by molar-refractivity contribution is 0.228. The second-order valence-corrected chi connectivity index (χ2v) is 3.34. The van der Waals surface area contributed by atoms with Crippen molar-refractivity contribution in [1.82, 2.24) is 4.98 Å². The maximum Gasteiger partial charge on any atom is 0.228 e. The molecule has 0 saturated carbocycles. The van der Waals surface area contributed by atoms with E-state index < -0.39 is 0 Å². The number of pyridine rings is 1. The summed E-state index contributed by atoms with van der Waals surface area (Å²) in [4.78, 5) is 3.97. The Hall–Kier alpha value is -0.810. The number of anilines is 1. The number of nitrogens with two attached hydrogens (primary N) is 1. The average molecular weight is 247 g/mol. The van der Waals surface area contributed by atoms with Gasteiger partial charge in [0.15, 0.2) is 0 Å². The van der Waals surface area contributed by atoms with Gasteiger partial charge in [0.05, 0.1) is 23.0 Å². The van der Waals surface area contributed by atoms with Crippen molar-refractivity contribution >= 4 is 21.6 Å². The normalized spacial score (nSPS) is 10.0. The van der Waals surface area contributed by atoms with E-state index in [0.29, 0.717) is 24.6 Å². The largest absolute Gasteiger partial charge is 0.477 e. The van der Waals surface area contributed by atoms with Crippen LogP contribution in [-0.4, -0.2) is 23.3 Å². The number of ether oxygens (including phenoxy) is 1. The molecule has 0 radical (unpaired) electrons. The molecule has 3 N–H and O–H groups in total. The monoisotopic (exact) mass is 246 g/mol. The van der Waals surface area contributed by atoms with Crippen molar-refractivity contribution in [1.29, 1.82) is 0 Å². The van der Waals surface area contributed by atoms with Gasteiger partial charge in [-0.3, -0.25) is 0 Å². The molecule has 0 bridgehead atoms. The van der Waals surface area contributed by atoms with E-state index in [1.54, 1.807) is 6.07 Å². The van der Waals surface area contributed by atoms with Crippen molar-refractivity contribution in [2.45, 2.75) is 6.42 Å². The molecular formula is C8H11BrN2O2. The highest BCUT2D eigenvalue weighted by molar-refractivity contribution is 9.10. The minimum Gasteiger partial charge on any atom is -0.477 e. The lowest BCUT2D eigenvalue weighted by Crippen LogP contribution is -2.02. The Morgan fingerprint density at radius 1 is 1.62 bits per heavy atom. The maximum absolute atomic E-state index is 8.53. The summed E-state index contributed by atoms with van der Waals surface area (Å²) in [5.41, 5.74) is 6.08. The van der Waals surface area contributed by atoms with Crippen LogP contribution in [0.1, 0.15) is 6.42 Å². The van der Waals surface area contributed by atoms with Crippen LogP contribution in [0.15, 0.2) is 16.7 Å². The minimum atomic E-state index is 0.118. The highest BCUT2D eigenvalue weighted by atomic mass is 79.9.